The second-order valence-corrected chi connectivity index (χ2v) is 5.67. The molecule has 4 heteroatoms. The lowest BCUT2D eigenvalue weighted by molar-refractivity contribution is 0.0989. The van der Waals surface area contributed by atoms with Crippen molar-refractivity contribution < 1.29 is 4.79 Å². The van der Waals surface area contributed by atoms with Crippen molar-refractivity contribution in [3.05, 3.63) is 63.1 Å². The Morgan fingerprint density at radius 2 is 1.95 bits per heavy atom. The molecule has 96 valence electrons. The summed E-state index contributed by atoms with van der Waals surface area (Å²) >= 11 is 9.55. The van der Waals surface area contributed by atoms with Crippen LogP contribution in [0, 0.1) is 0 Å². The summed E-state index contributed by atoms with van der Waals surface area (Å²) in [5, 5.41) is 0.469. The van der Waals surface area contributed by atoms with Crippen LogP contribution in [0.1, 0.15) is 15.9 Å². The summed E-state index contributed by atoms with van der Waals surface area (Å²) in [4.78, 5) is 14.4. The number of hydrogen-bond acceptors (Lipinski definition) is 1. The number of fused-ring (bicyclic) bond motifs is 1. The minimum Gasteiger partial charge on any atom is -0.308 e. The maximum absolute atomic E-state index is 12.6. The Labute approximate surface area is 125 Å². The molecule has 2 aromatic rings. The first-order valence-corrected chi connectivity index (χ1v) is 7.19. The SMILES string of the molecule is O=C(c1cccc(Br)c1Cl)N1CCc2ccccc21. The topological polar surface area (TPSA) is 20.3 Å². The van der Waals surface area contributed by atoms with Gasteiger partial charge in [0.1, 0.15) is 0 Å². The van der Waals surface area contributed by atoms with Gasteiger partial charge in [-0.3, -0.25) is 4.79 Å². The van der Waals surface area contributed by atoms with Crippen LogP contribution in [0.15, 0.2) is 46.9 Å². The highest BCUT2D eigenvalue weighted by molar-refractivity contribution is 9.10. The number of carbonyl (C=O) groups excluding carboxylic acids is 1. The Balaban J connectivity index is 2.00. The van der Waals surface area contributed by atoms with Crippen LogP contribution in [0.5, 0.6) is 0 Å². The summed E-state index contributed by atoms with van der Waals surface area (Å²) in [6.07, 6.45) is 0.896. The Bertz CT molecular complexity index is 656. The Hall–Kier alpha value is -1.32. The molecule has 0 radical (unpaired) electrons. The standard InChI is InChI=1S/C15H11BrClNO/c16-12-6-3-5-11(14(12)17)15(19)18-9-8-10-4-1-2-7-13(10)18/h1-7H,8-9H2. The third kappa shape index (κ3) is 2.17. The monoisotopic (exact) mass is 335 g/mol. The van der Waals surface area contributed by atoms with E-state index in [1.807, 2.05) is 30.3 Å². The molecule has 0 bridgehead atoms. The number of carbonyl (C=O) groups is 1. The van der Waals surface area contributed by atoms with Gasteiger partial charge in [0, 0.05) is 16.7 Å². The van der Waals surface area contributed by atoms with E-state index in [0.717, 1.165) is 16.6 Å². The number of para-hydroxylation sites is 1. The molecule has 0 atom stereocenters. The van der Waals surface area contributed by atoms with Crippen molar-refractivity contribution in [2.24, 2.45) is 0 Å². The average molecular weight is 337 g/mol. The van der Waals surface area contributed by atoms with Crippen LogP contribution < -0.4 is 4.90 Å². The van der Waals surface area contributed by atoms with Gasteiger partial charge < -0.3 is 4.90 Å². The quantitative estimate of drug-likeness (QED) is 0.760. The second-order valence-electron chi connectivity index (χ2n) is 4.44. The summed E-state index contributed by atoms with van der Waals surface area (Å²) in [6.45, 7) is 0.709. The highest BCUT2D eigenvalue weighted by atomic mass is 79.9. The van der Waals surface area contributed by atoms with E-state index in [1.165, 1.54) is 5.56 Å². The van der Waals surface area contributed by atoms with Crippen molar-refractivity contribution in [3.8, 4) is 0 Å². The third-order valence-corrected chi connectivity index (χ3v) is 4.61. The minimum atomic E-state index is -0.0451. The molecule has 0 spiro atoms. The second kappa shape index (κ2) is 4.99. The van der Waals surface area contributed by atoms with Gasteiger partial charge >= 0.3 is 0 Å². The van der Waals surface area contributed by atoms with Gasteiger partial charge in [0.15, 0.2) is 0 Å². The van der Waals surface area contributed by atoms with Gasteiger partial charge in [-0.25, -0.2) is 0 Å². The van der Waals surface area contributed by atoms with Crippen molar-refractivity contribution in [1.29, 1.82) is 0 Å². The van der Waals surface area contributed by atoms with E-state index >= 15 is 0 Å². The Morgan fingerprint density at radius 1 is 1.16 bits per heavy atom. The molecule has 3 rings (SSSR count). The zero-order chi connectivity index (χ0) is 13.4. The molecule has 1 amide bonds. The Morgan fingerprint density at radius 3 is 2.79 bits per heavy atom. The summed E-state index contributed by atoms with van der Waals surface area (Å²) in [7, 11) is 0. The van der Waals surface area contributed by atoms with E-state index in [-0.39, 0.29) is 5.91 Å². The van der Waals surface area contributed by atoms with Crippen LogP contribution in [-0.2, 0) is 6.42 Å². The zero-order valence-electron chi connectivity index (χ0n) is 10.1. The first-order chi connectivity index (χ1) is 9.18. The lowest BCUT2D eigenvalue weighted by Crippen LogP contribution is -2.29. The van der Waals surface area contributed by atoms with Gasteiger partial charge in [-0.15, -0.1) is 0 Å². The van der Waals surface area contributed by atoms with Gasteiger partial charge in [0.2, 0.25) is 0 Å². The predicted octanol–water partition coefficient (Wildman–Crippen LogP) is 4.31. The molecule has 2 aromatic carbocycles. The van der Waals surface area contributed by atoms with E-state index < -0.39 is 0 Å². The van der Waals surface area contributed by atoms with Crippen LogP contribution in [-0.4, -0.2) is 12.5 Å². The minimum absolute atomic E-state index is 0.0451. The van der Waals surface area contributed by atoms with E-state index in [1.54, 1.807) is 11.0 Å². The van der Waals surface area contributed by atoms with E-state index in [4.69, 9.17) is 11.6 Å². The molecule has 0 fully saturated rings. The van der Waals surface area contributed by atoms with Crippen LogP contribution in [0.3, 0.4) is 0 Å². The fourth-order valence-corrected chi connectivity index (χ4v) is 2.94. The van der Waals surface area contributed by atoms with Crippen molar-refractivity contribution in [2.45, 2.75) is 6.42 Å². The zero-order valence-corrected chi connectivity index (χ0v) is 12.4. The summed E-state index contributed by atoms with van der Waals surface area (Å²) in [5.74, 6) is -0.0451. The summed E-state index contributed by atoms with van der Waals surface area (Å²) < 4.78 is 0.743. The molecular weight excluding hydrogens is 326 g/mol. The average Bonchev–Trinajstić information content (AvgIpc) is 2.85. The highest BCUT2D eigenvalue weighted by Crippen LogP contribution is 2.32. The molecule has 0 aromatic heterocycles. The maximum Gasteiger partial charge on any atom is 0.259 e. The van der Waals surface area contributed by atoms with E-state index in [9.17, 15) is 4.79 Å². The number of nitrogens with zero attached hydrogens (tertiary/aromatic N) is 1. The van der Waals surface area contributed by atoms with Gasteiger partial charge in [-0.1, -0.05) is 35.9 Å². The van der Waals surface area contributed by atoms with Crippen LogP contribution in [0.4, 0.5) is 5.69 Å². The number of amides is 1. The van der Waals surface area contributed by atoms with Crippen molar-refractivity contribution >= 4 is 39.1 Å². The number of halogens is 2. The maximum atomic E-state index is 12.6. The smallest absolute Gasteiger partial charge is 0.259 e. The number of rotatable bonds is 1. The molecule has 0 saturated heterocycles. The molecule has 1 aliphatic heterocycles. The molecule has 2 nitrogen and oxygen atoms in total. The fourth-order valence-electron chi connectivity index (χ4n) is 2.36. The molecule has 19 heavy (non-hydrogen) atoms. The largest absolute Gasteiger partial charge is 0.308 e. The van der Waals surface area contributed by atoms with Gasteiger partial charge in [-0.2, -0.15) is 0 Å². The molecule has 0 N–H and O–H groups in total. The number of hydrogen-bond donors (Lipinski definition) is 0. The first kappa shape index (κ1) is 12.7. The van der Waals surface area contributed by atoms with Crippen molar-refractivity contribution in [1.82, 2.24) is 0 Å². The third-order valence-electron chi connectivity index (χ3n) is 3.31. The van der Waals surface area contributed by atoms with Crippen molar-refractivity contribution in [3.63, 3.8) is 0 Å². The summed E-state index contributed by atoms with van der Waals surface area (Å²) in [6, 6.07) is 13.4. The molecule has 1 aliphatic rings. The lowest BCUT2D eigenvalue weighted by Gasteiger charge is -2.18. The molecule has 0 aliphatic carbocycles. The predicted molar refractivity (Wildman–Crippen MR) is 81.0 cm³/mol. The normalized spacial score (nSPS) is 13.5. The molecule has 0 saturated carbocycles. The first-order valence-electron chi connectivity index (χ1n) is 6.02. The van der Waals surface area contributed by atoms with E-state index in [2.05, 4.69) is 22.0 Å². The van der Waals surface area contributed by atoms with Gasteiger partial charge in [-0.05, 0) is 46.1 Å². The van der Waals surface area contributed by atoms with Gasteiger partial charge in [0.25, 0.3) is 5.91 Å². The number of benzene rings is 2. The van der Waals surface area contributed by atoms with Crippen LogP contribution >= 0.6 is 27.5 Å². The summed E-state index contributed by atoms with van der Waals surface area (Å²) in [5.41, 5.74) is 2.73. The number of anilines is 1. The van der Waals surface area contributed by atoms with Crippen LogP contribution in [0.2, 0.25) is 5.02 Å². The van der Waals surface area contributed by atoms with E-state index in [0.29, 0.717) is 17.1 Å². The molecule has 1 heterocycles. The van der Waals surface area contributed by atoms with Crippen LogP contribution in [0.25, 0.3) is 0 Å². The van der Waals surface area contributed by atoms with Crippen molar-refractivity contribution in [2.75, 3.05) is 11.4 Å². The highest BCUT2D eigenvalue weighted by Gasteiger charge is 2.26. The Kier molecular flexibility index (Phi) is 3.33. The molecular formula is C15H11BrClNO. The molecule has 0 unspecified atom stereocenters. The van der Waals surface area contributed by atoms with Gasteiger partial charge in [0.05, 0.1) is 10.6 Å². The fraction of sp³-hybridized carbons (Fsp3) is 0.133. The lowest BCUT2D eigenvalue weighted by atomic mass is 10.1.